The number of carbonyl (C=O) groups is 1. The van der Waals surface area contributed by atoms with Gasteiger partial charge < -0.3 is 14.8 Å². The molecule has 1 fully saturated rings. The van der Waals surface area contributed by atoms with Gasteiger partial charge in [-0.15, -0.1) is 0 Å². The molecule has 136 valence electrons. The van der Waals surface area contributed by atoms with Crippen molar-refractivity contribution in [2.75, 3.05) is 26.3 Å². The minimum Gasteiger partial charge on any atom is -0.490 e. The van der Waals surface area contributed by atoms with Crippen molar-refractivity contribution in [3.05, 3.63) is 59.7 Å². The molecule has 0 spiro atoms. The molecular weight excluding hydrogens is 328 g/mol. The van der Waals surface area contributed by atoms with E-state index >= 15 is 0 Å². The molecule has 1 atom stereocenters. The second kappa shape index (κ2) is 7.79. The van der Waals surface area contributed by atoms with Crippen molar-refractivity contribution in [2.24, 2.45) is 0 Å². The quantitative estimate of drug-likeness (QED) is 0.923. The lowest BCUT2D eigenvalue weighted by atomic mass is 10.0. The zero-order chi connectivity index (χ0) is 17.8. The first kappa shape index (κ1) is 16.9. The normalized spacial score (nSPS) is 20.8. The maximum Gasteiger partial charge on any atom is 0.221 e. The molecule has 2 aliphatic rings. The molecule has 1 amide bonds. The molecule has 5 nitrogen and oxygen atoms in total. The molecule has 1 saturated heterocycles. The summed E-state index contributed by atoms with van der Waals surface area (Å²) in [6.45, 7) is 3.54. The Morgan fingerprint density at radius 1 is 1.04 bits per heavy atom. The third-order valence-electron chi connectivity index (χ3n) is 4.95. The third kappa shape index (κ3) is 3.68. The summed E-state index contributed by atoms with van der Waals surface area (Å²) < 4.78 is 11.8. The van der Waals surface area contributed by atoms with Gasteiger partial charge in [-0.2, -0.15) is 0 Å². The molecule has 4 rings (SSSR count). The maximum atomic E-state index is 12.2. The Hall–Kier alpha value is -2.53. The first-order chi connectivity index (χ1) is 12.8. The van der Waals surface area contributed by atoms with Crippen molar-refractivity contribution in [1.82, 2.24) is 10.2 Å². The highest BCUT2D eigenvalue weighted by molar-refractivity contribution is 5.77. The maximum absolute atomic E-state index is 12.2. The minimum absolute atomic E-state index is 0.0567. The van der Waals surface area contributed by atoms with Gasteiger partial charge in [-0.25, -0.2) is 0 Å². The molecule has 2 heterocycles. The van der Waals surface area contributed by atoms with Gasteiger partial charge in [0.2, 0.25) is 5.91 Å². The standard InChI is InChI=1S/C21H24N2O3/c24-20-14-18(16-6-2-1-3-7-16)23(11-10-22-20)15-17-8-4-9-19-21(17)26-13-5-12-25-19/h1-4,6-9,18H,5,10-15H2,(H,22,24). The molecule has 0 saturated carbocycles. The number of benzene rings is 2. The molecule has 1 unspecified atom stereocenters. The largest absolute Gasteiger partial charge is 0.490 e. The Morgan fingerprint density at radius 2 is 1.88 bits per heavy atom. The summed E-state index contributed by atoms with van der Waals surface area (Å²) in [5.74, 6) is 1.77. The Bertz CT molecular complexity index is 763. The number of ether oxygens (including phenoxy) is 2. The van der Waals surface area contributed by atoms with Crippen LogP contribution in [-0.2, 0) is 11.3 Å². The van der Waals surface area contributed by atoms with Crippen molar-refractivity contribution in [3.8, 4) is 11.5 Å². The zero-order valence-electron chi connectivity index (χ0n) is 14.8. The monoisotopic (exact) mass is 352 g/mol. The van der Waals surface area contributed by atoms with E-state index in [4.69, 9.17) is 9.47 Å². The van der Waals surface area contributed by atoms with E-state index in [0.717, 1.165) is 36.6 Å². The van der Waals surface area contributed by atoms with E-state index in [9.17, 15) is 4.79 Å². The van der Waals surface area contributed by atoms with Gasteiger partial charge in [0, 0.05) is 44.1 Å². The van der Waals surface area contributed by atoms with E-state index in [1.807, 2.05) is 30.3 Å². The van der Waals surface area contributed by atoms with E-state index in [1.165, 1.54) is 5.56 Å². The summed E-state index contributed by atoms with van der Waals surface area (Å²) in [5.41, 5.74) is 2.28. The number of rotatable bonds is 3. The van der Waals surface area contributed by atoms with Gasteiger partial charge in [0.15, 0.2) is 11.5 Å². The van der Waals surface area contributed by atoms with Crippen LogP contribution >= 0.6 is 0 Å². The molecule has 5 heteroatoms. The summed E-state index contributed by atoms with van der Waals surface area (Å²) >= 11 is 0. The Labute approximate surface area is 153 Å². The lowest BCUT2D eigenvalue weighted by Crippen LogP contribution is -2.30. The topological polar surface area (TPSA) is 50.8 Å². The fraction of sp³-hybridized carbons (Fsp3) is 0.381. The third-order valence-corrected chi connectivity index (χ3v) is 4.95. The van der Waals surface area contributed by atoms with Gasteiger partial charge in [-0.05, 0) is 11.6 Å². The van der Waals surface area contributed by atoms with Crippen molar-refractivity contribution in [1.29, 1.82) is 0 Å². The molecule has 2 aromatic carbocycles. The number of nitrogens with one attached hydrogen (secondary N) is 1. The van der Waals surface area contributed by atoms with E-state index in [2.05, 4.69) is 28.4 Å². The van der Waals surface area contributed by atoms with E-state index in [-0.39, 0.29) is 11.9 Å². The lowest BCUT2D eigenvalue weighted by molar-refractivity contribution is -0.121. The van der Waals surface area contributed by atoms with Crippen LogP contribution in [-0.4, -0.2) is 37.1 Å². The van der Waals surface area contributed by atoms with Crippen molar-refractivity contribution in [2.45, 2.75) is 25.4 Å². The fourth-order valence-corrected chi connectivity index (χ4v) is 3.66. The lowest BCUT2D eigenvalue weighted by Gasteiger charge is -2.30. The predicted molar refractivity (Wildman–Crippen MR) is 99.3 cm³/mol. The predicted octanol–water partition coefficient (Wildman–Crippen LogP) is 2.91. The molecule has 1 N–H and O–H groups in total. The highest BCUT2D eigenvalue weighted by Gasteiger charge is 2.27. The number of amides is 1. The Balaban J connectivity index is 1.64. The van der Waals surface area contributed by atoms with Crippen LogP contribution in [0.1, 0.15) is 30.0 Å². The van der Waals surface area contributed by atoms with Gasteiger partial charge in [-0.3, -0.25) is 9.69 Å². The molecule has 26 heavy (non-hydrogen) atoms. The highest BCUT2D eigenvalue weighted by Crippen LogP contribution is 2.36. The van der Waals surface area contributed by atoms with Crippen LogP contribution in [0.4, 0.5) is 0 Å². The van der Waals surface area contributed by atoms with Crippen molar-refractivity contribution >= 4 is 5.91 Å². The number of carbonyl (C=O) groups excluding carboxylic acids is 1. The molecule has 0 bridgehead atoms. The highest BCUT2D eigenvalue weighted by atomic mass is 16.5. The molecule has 0 aromatic heterocycles. The van der Waals surface area contributed by atoms with E-state index in [1.54, 1.807) is 0 Å². The number of nitrogens with zero attached hydrogens (tertiary/aromatic N) is 1. The summed E-state index contributed by atoms with van der Waals surface area (Å²) in [6, 6.07) is 16.4. The average molecular weight is 352 g/mol. The van der Waals surface area contributed by atoms with Crippen LogP contribution in [0, 0.1) is 0 Å². The SMILES string of the molecule is O=C1CC(c2ccccc2)N(Cc2cccc3c2OCCCO3)CCN1. The first-order valence-electron chi connectivity index (χ1n) is 9.24. The molecule has 2 aromatic rings. The van der Waals surface area contributed by atoms with Crippen molar-refractivity contribution < 1.29 is 14.3 Å². The average Bonchev–Trinajstić information content (AvgIpc) is 3.01. The number of fused-ring (bicyclic) bond motifs is 1. The van der Waals surface area contributed by atoms with Gasteiger partial charge in [0.05, 0.1) is 13.2 Å². The van der Waals surface area contributed by atoms with Crippen molar-refractivity contribution in [3.63, 3.8) is 0 Å². The van der Waals surface area contributed by atoms with Gasteiger partial charge >= 0.3 is 0 Å². The number of para-hydroxylation sites is 1. The Kier molecular flexibility index (Phi) is 5.07. The van der Waals surface area contributed by atoms with Crippen LogP contribution in [0.3, 0.4) is 0 Å². The van der Waals surface area contributed by atoms with Crippen LogP contribution < -0.4 is 14.8 Å². The van der Waals surface area contributed by atoms with E-state index in [0.29, 0.717) is 26.2 Å². The molecule has 0 aliphatic carbocycles. The smallest absolute Gasteiger partial charge is 0.221 e. The second-order valence-corrected chi connectivity index (χ2v) is 6.75. The summed E-state index contributed by atoms with van der Waals surface area (Å²) in [5, 5.41) is 3.00. The van der Waals surface area contributed by atoms with E-state index < -0.39 is 0 Å². The minimum atomic E-state index is 0.0567. The summed E-state index contributed by atoms with van der Waals surface area (Å²) in [7, 11) is 0. The second-order valence-electron chi connectivity index (χ2n) is 6.75. The summed E-state index contributed by atoms with van der Waals surface area (Å²) in [4.78, 5) is 14.5. The fourth-order valence-electron chi connectivity index (χ4n) is 3.66. The molecule has 0 radical (unpaired) electrons. The first-order valence-corrected chi connectivity index (χ1v) is 9.24. The van der Waals surface area contributed by atoms with Gasteiger partial charge in [-0.1, -0.05) is 42.5 Å². The zero-order valence-corrected chi connectivity index (χ0v) is 14.8. The molecule has 2 aliphatic heterocycles. The Morgan fingerprint density at radius 3 is 2.77 bits per heavy atom. The van der Waals surface area contributed by atoms with Crippen LogP contribution in [0.15, 0.2) is 48.5 Å². The number of hydrogen-bond acceptors (Lipinski definition) is 4. The summed E-state index contributed by atoms with van der Waals surface area (Å²) in [6.07, 6.45) is 1.36. The van der Waals surface area contributed by atoms with Gasteiger partial charge in [0.25, 0.3) is 0 Å². The van der Waals surface area contributed by atoms with Gasteiger partial charge in [0.1, 0.15) is 0 Å². The van der Waals surface area contributed by atoms with Crippen LogP contribution in [0.2, 0.25) is 0 Å². The van der Waals surface area contributed by atoms with Crippen LogP contribution in [0.5, 0.6) is 11.5 Å². The number of hydrogen-bond donors (Lipinski definition) is 1. The molecular formula is C21H24N2O3. The van der Waals surface area contributed by atoms with Crippen LogP contribution in [0.25, 0.3) is 0 Å².